The van der Waals surface area contributed by atoms with Gasteiger partial charge in [0, 0.05) is 22.9 Å². The quantitative estimate of drug-likeness (QED) is 0.891. The SMILES string of the molecule is CC(C)(C)c1csc(C2CN(C(=O)c3cccc(C(=O)O)c3)CCO2)n1. The van der Waals surface area contributed by atoms with E-state index in [1.165, 1.54) is 12.1 Å². The van der Waals surface area contributed by atoms with E-state index in [1.54, 1.807) is 28.4 Å². The van der Waals surface area contributed by atoms with E-state index in [1.807, 2.05) is 5.38 Å². The number of nitrogens with zero attached hydrogens (tertiary/aromatic N) is 2. The zero-order valence-electron chi connectivity index (χ0n) is 15.1. The van der Waals surface area contributed by atoms with Crippen molar-refractivity contribution >= 4 is 23.2 Å². The second-order valence-corrected chi connectivity index (χ2v) is 8.21. The lowest BCUT2D eigenvalue weighted by atomic mass is 9.93. The number of benzene rings is 1. The maximum atomic E-state index is 12.8. The van der Waals surface area contributed by atoms with E-state index in [2.05, 4.69) is 25.8 Å². The number of amides is 1. The van der Waals surface area contributed by atoms with E-state index < -0.39 is 5.97 Å². The molecule has 0 spiro atoms. The fourth-order valence-electron chi connectivity index (χ4n) is 2.73. The van der Waals surface area contributed by atoms with Crippen molar-refractivity contribution < 1.29 is 19.4 Å². The van der Waals surface area contributed by atoms with Gasteiger partial charge in [-0.05, 0) is 18.2 Å². The molecule has 1 N–H and O–H groups in total. The summed E-state index contributed by atoms with van der Waals surface area (Å²) in [5.41, 5.74) is 1.46. The number of ether oxygens (including phenoxy) is 1. The Kier molecular flexibility index (Phi) is 5.11. The van der Waals surface area contributed by atoms with Crippen LogP contribution < -0.4 is 0 Å². The zero-order chi connectivity index (χ0) is 18.9. The summed E-state index contributed by atoms with van der Waals surface area (Å²) >= 11 is 1.55. The fraction of sp³-hybridized carbons (Fsp3) is 0.421. The van der Waals surface area contributed by atoms with Crippen molar-refractivity contribution in [1.29, 1.82) is 0 Å². The monoisotopic (exact) mass is 374 g/mol. The van der Waals surface area contributed by atoms with Crippen molar-refractivity contribution in [2.45, 2.75) is 32.3 Å². The number of carbonyl (C=O) groups excluding carboxylic acids is 1. The molecule has 138 valence electrons. The number of carbonyl (C=O) groups is 2. The zero-order valence-corrected chi connectivity index (χ0v) is 15.9. The minimum absolute atomic E-state index is 0.0316. The molecule has 0 aliphatic carbocycles. The Hall–Kier alpha value is -2.25. The van der Waals surface area contributed by atoms with Crippen LogP contribution >= 0.6 is 11.3 Å². The summed E-state index contributed by atoms with van der Waals surface area (Å²) in [7, 11) is 0. The first-order valence-electron chi connectivity index (χ1n) is 8.46. The minimum atomic E-state index is -1.04. The molecule has 1 atom stereocenters. The minimum Gasteiger partial charge on any atom is -0.478 e. The van der Waals surface area contributed by atoms with E-state index in [4.69, 9.17) is 9.84 Å². The molecule has 6 nitrogen and oxygen atoms in total. The van der Waals surface area contributed by atoms with Crippen LogP contribution in [-0.4, -0.2) is 46.6 Å². The normalized spacial score (nSPS) is 18.0. The number of morpholine rings is 1. The molecule has 1 aliphatic rings. The largest absolute Gasteiger partial charge is 0.478 e. The Morgan fingerprint density at radius 2 is 2.04 bits per heavy atom. The van der Waals surface area contributed by atoms with Gasteiger partial charge in [-0.3, -0.25) is 4.79 Å². The van der Waals surface area contributed by atoms with Gasteiger partial charge in [0.1, 0.15) is 11.1 Å². The first kappa shape index (κ1) is 18.5. The van der Waals surface area contributed by atoms with Gasteiger partial charge in [-0.25, -0.2) is 9.78 Å². The maximum absolute atomic E-state index is 12.8. The van der Waals surface area contributed by atoms with Crippen molar-refractivity contribution in [2.24, 2.45) is 0 Å². The molecule has 7 heteroatoms. The Bertz CT molecular complexity index is 825. The van der Waals surface area contributed by atoms with Crippen molar-refractivity contribution in [2.75, 3.05) is 19.7 Å². The molecule has 1 aromatic carbocycles. The molecule has 0 radical (unpaired) electrons. The number of hydrogen-bond acceptors (Lipinski definition) is 5. The van der Waals surface area contributed by atoms with E-state index in [0.29, 0.717) is 25.3 Å². The number of carboxylic acid groups (broad SMARTS) is 1. The van der Waals surface area contributed by atoms with Crippen LogP contribution in [-0.2, 0) is 10.2 Å². The third-order valence-corrected chi connectivity index (χ3v) is 5.21. The van der Waals surface area contributed by atoms with Crippen LogP contribution in [0.1, 0.15) is 58.3 Å². The van der Waals surface area contributed by atoms with Crippen LogP contribution in [0.5, 0.6) is 0 Å². The Morgan fingerprint density at radius 3 is 2.69 bits per heavy atom. The van der Waals surface area contributed by atoms with Crippen LogP contribution in [0.3, 0.4) is 0 Å². The number of thiazole rings is 1. The van der Waals surface area contributed by atoms with E-state index >= 15 is 0 Å². The average molecular weight is 374 g/mol. The van der Waals surface area contributed by atoms with Crippen molar-refractivity contribution in [3.05, 3.63) is 51.5 Å². The number of aromatic nitrogens is 1. The van der Waals surface area contributed by atoms with Gasteiger partial charge < -0.3 is 14.7 Å². The van der Waals surface area contributed by atoms with Gasteiger partial charge >= 0.3 is 5.97 Å². The number of hydrogen-bond donors (Lipinski definition) is 1. The molecule has 1 saturated heterocycles. The summed E-state index contributed by atoms with van der Waals surface area (Å²) in [6.07, 6.45) is -0.253. The van der Waals surface area contributed by atoms with Gasteiger partial charge in [0.15, 0.2) is 0 Å². The lowest BCUT2D eigenvalue weighted by Gasteiger charge is -2.32. The van der Waals surface area contributed by atoms with Gasteiger partial charge in [0.2, 0.25) is 0 Å². The topological polar surface area (TPSA) is 79.7 Å². The predicted molar refractivity (Wildman–Crippen MR) is 98.8 cm³/mol. The fourth-order valence-corrected chi connectivity index (χ4v) is 3.82. The Labute approximate surface area is 156 Å². The molecule has 2 aromatic rings. The standard InChI is InChI=1S/C19H22N2O4S/c1-19(2,3)15-11-26-16(20-15)14-10-21(7-8-25-14)17(22)12-5-4-6-13(9-12)18(23)24/h4-6,9,11,14H,7-8,10H2,1-3H3,(H,23,24). The Balaban J connectivity index is 1.76. The van der Waals surface area contributed by atoms with Gasteiger partial charge in [0.05, 0.1) is 24.4 Å². The first-order valence-corrected chi connectivity index (χ1v) is 9.34. The molecule has 2 heterocycles. The second-order valence-electron chi connectivity index (χ2n) is 7.32. The smallest absolute Gasteiger partial charge is 0.335 e. The molecular weight excluding hydrogens is 352 g/mol. The van der Waals surface area contributed by atoms with Crippen molar-refractivity contribution in [1.82, 2.24) is 9.88 Å². The summed E-state index contributed by atoms with van der Waals surface area (Å²) in [5.74, 6) is -1.23. The molecule has 1 aromatic heterocycles. The lowest BCUT2D eigenvalue weighted by molar-refractivity contribution is -0.0229. The molecule has 1 amide bonds. The first-order chi connectivity index (χ1) is 12.3. The highest BCUT2D eigenvalue weighted by Crippen LogP contribution is 2.30. The van der Waals surface area contributed by atoms with E-state index in [0.717, 1.165) is 10.7 Å². The lowest BCUT2D eigenvalue weighted by Crippen LogP contribution is -2.42. The highest BCUT2D eigenvalue weighted by molar-refractivity contribution is 7.09. The van der Waals surface area contributed by atoms with Crippen LogP contribution in [0.25, 0.3) is 0 Å². The molecule has 0 bridgehead atoms. The predicted octanol–water partition coefficient (Wildman–Crippen LogP) is 3.35. The molecule has 1 fully saturated rings. The maximum Gasteiger partial charge on any atom is 0.335 e. The van der Waals surface area contributed by atoms with Crippen molar-refractivity contribution in [3.8, 4) is 0 Å². The van der Waals surface area contributed by atoms with Crippen LogP contribution in [0.4, 0.5) is 0 Å². The molecule has 26 heavy (non-hydrogen) atoms. The van der Waals surface area contributed by atoms with Crippen LogP contribution in [0.2, 0.25) is 0 Å². The third kappa shape index (κ3) is 3.94. The summed E-state index contributed by atoms with van der Waals surface area (Å²) in [4.78, 5) is 30.3. The van der Waals surface area contributed by atoms with Crippen molar-refractivity contribution in [3.63, 3.8) is 0 Å². The summed E-state index contributed by atoms with van der Waals surface area (Å²) in [6.45, 7) is 7.65. The third-order valence-electron chi connectivity index (χ3n) is 4.28. The van der Waals surface area contributed by atoms with Gasteiger partial charge in [-0.15, -0.1) is 11.3 Å². The van der Waals surface area contributed by atoms with E-state index in [-0.39, 0.29) is 23.0 Å². The second kappa shape index (κ2) is 7.17. The Morgan fingerprint density at radius 1 is 1.31 bits per heavy atom. The highest BCUT2D eigenvalue weighted by atomic mass is 32.1. The van der Waals surface area contributed by atoms with Crippen LogP contribution in [0, 0.1) is 0 Å². The molecule has 1 aliphatic heterocycles. The van der Waals surface area contributed by atoms with Gasteiger partial charge in [0.25, 0.3) is 5.91 Å². The molecule has 1 unspecified atom stereocenters. The highest BCUT2D eigenvalue weighted by Gasteiger charge is 2.29. The number of rotatable bonds is 3. The summed E-state index contributed by atoms with van der Waals surface area (Å²) in [6, 6.07) is 6.12. The van der Waals surface area contributed by atoms with Gasteiger partial charge in [-0.1, -0.05) is 26.8 Å². The summed E-state index contributed by atoms with van der Waals surface area (Å²) < 4.78 is 5.83. The molecule has 3 rings (SSSR count). The van der Waals surface area contributed by atoms with Crippen LogP contribution in [0.15, 0.2) is 29.6 Å². The number of aromatic carboxylic acids is 1. The van der Waals surface area contributed by atoms with E-state index in [9.17, 15) is 9.59 Å². The summed E-state index contributed by atoms with van der Waals surface area (Å²) in [5, 5.41) is 12.0. The average Bonchev–Trinajstić information content (AvgIpc) is 3.12. The number of carboxylic acids is 1. The molecular formula is C19H22N2O4S. The molecule has 0 saturated carbocycles. The van der Waals surface area contributed by atoms with Gasteiger partial charge in [-0.2, -0.15) is 0 Å².